The molecule has 230 valence electrons. The van der Waals surface area contributed by atoms with E-state index in [-0.39, 0.29) is 28.4 Å². The topological polar surface area (TPSA) is 237 Å². The smallest absolute Gasteiger partial charge is 0.336 e. The number of aromatic hydroxyl groups is 4. The summed E-state index contributed by atoms with van der Waals surface area (Å²) in [5, 5.41) is 80.0. The lowest BCUT2D eigenvalue weighted by molar-refractivity contribution is -0.277. The quantitative estimate of drug-likeness (QED) is 0.0831. The van der Waals surface area contributed by atoms with Gasteiger partial charge in [-0.25, -0.2) is 4.79 Å². The zero-order valence-electron chi connectivity index (χ0n) is 22.5. The summed E-state index contributed by atoms with van der Waals surface area (Å²) in [6.45, 7) is -0.792. The number of aliphatic hydroxyl groups is 4. The molecule has 5 rings (SSSR count). The van der Waals surface area contributed by atoms with Crippen LogP contribution in [-0.4, -0.2) is 84.1 Å². The summed E-state index contributed by atoms with van der Waals surface area (Å²) in [4.78, 5) is 26.4. The number of carbonyl (C=O) groups is 1. The number of benzene rings is 3. The lowest BCUT2D eigenvalue weighted by Gasteiger charge is -2.39. The molecule has 2 heterocycles. The van der Waals surface area contributed by atoms with Gasteiger partial charge < -0.3 is 59.5 Å². The molecule has 1 aromatic heterocycles. The number of phenols is 4. The van der Waals surface area contributed by atoms with Gasteiger partial charge in [0.1, 0.15) is 64.1 Å². The van der Waals surface area contributed by atoms with Crippen LogP contribution in [0.1, 0.15) is 5.56 Å². The third kappa shape index (κ3) is 6.01. The van der Waals surface area contributed by atoms with E-state index in [1.54, 1.807) is 0 Å². The minimum atomic E-state index is -1.94. The largest absolute Gasteiger partial charge is 0.508 e. The van der Waals surface area contributed by atoms with Crippen molar-refractivity contribution in [3.8, 4) is 45.8 Å². The molecule has 1 aliphatic heterocycles. The van der Waals surface area contributed by atoms with E-state index in [1.807, 2.05) is 0 Å². The predicted molar refractivity (Wildman–Crippen MR) is 150 cm³/mol. The van der Waals surface area contributed by atoms with Gasteiger partial charge in [-0.05, 0) is 35.9 Å². The van der Waals surface area contributed by atoms with Gasteiger partial charge in [-0.1, -0.05) is 12.1 Å². The highest BCUT2D eigenvalue weighted by atomic mass is 16.7. The van der Waals surface area contributed by atoms with Crippen molar-refractivity contribution < 1.29 is 64.3 Å². The van der Waals surface area contributed by atoms with Crippen LogP contribution in [-0.2, 0) is 9.53 Å². The van der Waals surface area contributed by atoms with E-state index in [0.717, 1.165) is 24.3 Å². The number of phenolic OH excluding ortho intramolecular Hbond substituents is 4. The maximum absolute atomic E-state index is 13.7. The summed E-state index contributed by atoms with van der Waals surface area (Å²) < 4.78 is 22.3. The molecule has 0 saturated carbocycles. The first-order valence-corrected chi connectivity index (χ1v) is 13.0. The molecule has 44 heavy (non-hydrogen) atoms. The fourth-order valence-corrected chi connectivity index (χ4v) is 4.51. The molecule has 1 saturated heterocycles. The van der Waals surface area contributed by atoms with Crippen LogP contribution in [0.2, 0.25) is 0 Å². The van der Waals surface area contributed by atoms with Crippen molar-refractivity contribution in [2.45, 2.75) is 30.7 Å². The SMILES string of the molecule is O=C(/C=C\c1ccc(O)cc1)Oc1cc(O)ccc1-c1oc2cc(O)cc(O)c2c(=O)c1O[C@H]1O[C@@H](CO)[C@H](O)[C@@H](O)[C@@H]1O. The van der Waals surface area contributed by atoms with Gasteiger partial charge in [0.2, 0.25) is 17.5 Å². The van der Waals surface area contributed by atoms with Crippen LogP contribution in [0.25, 0.3) is 28.4 Å². The number of hydrogen-bond donors (Lipinski definition) is 8. The molecule has 0 unspecified atom stereocenters. The van der Waals surface area contributed by atoms with Crippen molar-refractivity contribution >= 4 is 23.0 Å². The van der Waals surface area contributed by atoms with Crippen LogP contribution in [0, 0.1) is 0 Å². The number of rotatable bonds is 7. The summed E-state index contributed by atoms with van der Waals surface area (Å²) in [5.41, 5.74) is -0.989. The van der Waals surface area contributed by atoms with E-state index in [0.29, 0.717) is 5.56 Å². The van der Waals surface area contributed by atoms with Crippen molar-refractivity contribution in [1.29, 1.82) is 0 Å². The number of carbonyl (C=O) groups excluding carboxylic acids is 1. The van der Waals surface area contributed by atoms with Crippen molar-refractivity contribution in [3.63, 3.8) is 0 Å². The molecule has 14 nitrogen and oxygen atoms in total. The molecule has 14 heteroatoms. The Morgan fingerprint density at radius 2 is 1.57 bits per heavy atom. The van der Waals surface area contributed by atoms with Crippen molar-refractivity contribution in [2.75, 3.05) is 6.61 Å². The second-order valence-electron chi connectivity index (χ2n) is 9.77. The Kier molecular flexibility index (Phi) is 8.44. The molecule has 0 amide bonds. The lowest BCUT2D eigenvalue weighted by Crippen LogP contribution is -2.60. The van der Waals surface area contributed by atoms with Gasteiger partial charge in [0.25, 0.3) is 0 Å². The normalized spacial score (nSPS) is 21.9. The van der Waals surface area contributed by atoms with Crippen LogP contribution in [0.4, 0.5) is 0 Å². The Bertz CT molecular complexity index is 1780. The van der Waals surface area contributed by atoms with Crippen molar-refractivity contribution in [2.24, 2.45) is 0 Å². The predicted octanol–water partition coefficient (Wildman–Crippen LogP) is 1.08. The number of ether oxygens (including phenoxy) is 3. The lowest BCUT2D eigenvalue weighted by atomic mass is 9.99. The van der Waals surface area contributed by atoms with Gasteiger partial charge >= 0.3 is 5.97 Å². The van der Waals surface area contributed by atoms with E-state index in [9.17, 15) is 50.4 Å². The van der Waals surface area contributed by atoms with E-state index < -0.39 is 77.1 Å². The maximum Gasteiger partial charge on any atom is 0.336 e. The second kappa shape index (κ2) is 12.2. The fourth-order valence-electron chi connectivity index (χ4n) is 4.51. The molecule has 5 atom stereocenters. The Morgan fingerprint density at radius 1 is 0.864 bits per heavy atom. The average molecular weight is 611 g/mol. The Balaban J connectivity index is 1.61. The van der Waals surface area contributed by atoms with Crippen molar-refractivity contribution in [1.82, 2.24) is 0 Å². The summed E-state index contributed by atoms with van der Waals surface area (Å²) >= 11 is 0. The van der Waals surface area contributed by atoms with Gasteiger partial charge in [0.15, 0.2) is 5.76 Å². The molecular weight excluding hydrogens is 584 g/mol. The highest BCUT2D eigenvalue weighted by Crippen LogP contribution is 2.41. The molecule has 0 aliphatic carbocycles. The van der Waals surface area contributed by atoms with Crippen LogP contribution in [0.15, 0.2) is 69.9 Å². The molecule has 0 radical (unpaired) electrons. The fraction of sp³-hybridized carbons (Fsp3) is 0.200. The molecule has 4 aromatic rings. The zero-order chi connectivity index (χ0) is 31.7. The third-order valence-electron chi connectivity index (χ3n) is 6.73. The molecule has 1 fully saturated rings. The minimum Gasteiger partial charge on any atom is -0.508 e. The molecule has 0 spiro atoms. The number of hydrogen-bond acceptors (Lipinski definition) is 14. The minimum absolute atomic E-state index is 0.0226. The zero-order valence-corrected chi connectivity index (χ0v) is 22.5. The summed E-state index contributed by atoms with van der Waals surface area (Å²) in [6.07, 6.45) is -6.35. The molecule has 3 aromatic carbocycles. The summed E-state index contributed by atoms with van der Waals surface area (Å²) in [5.74, 6) is -3.97. The standard InChI is InChI=1S/C30H26O14/c31-12-21-24(37)26(39)27(40)30(43-21)44-29-25(38)23-18(35)9-16(34)11-20(23)42-28(29)17-7-6-15(33)10-19(17)41-22(36)8-3-13-1-4-14(32)5-2-13/h1-11,21,24,26-27,30-35,37,39-40H,12H2/b8-3-/t21-,24-,26+,27-,30+/m0/s1. The molecular formula is C30H26O14. The Hall–Kier alpha value is -5.12. The molecule has 8 N–H and O–H groups in total. The van der Waals surface area contributed by atoms with Gasteiger partial charge in [-0.15, -0.1) is 0 Å². The highest BCUT2D eigenvalue weighted by Gasteiger charge is 2.45. The maximum atomic E-state index is 13.7. The molecule has 1 aliphatic rings. The Morgan fingerprint density at radius 3 is 2.27 bits per heavy atom. The first kappa shape index (κ1) is 30.3. The van der Waals surface area contributed by atoms with Gasteiger partial charge in [0.05, 0.1) is 12.2 Å². The van der Waals surface area contributed by atoms with Gasteiger partial charge in [-0.3, -0.25) is 4.79 Å². The first-order valence-electron chi connectivity index (χ1n) is 13.0. The van der Waals surface area contributed by atoms with E-state index >= 15 is 0 Å². The van der Waals surface area contributed by atoms with Crippen molar-refractivity contribution in [3.05, 3.63) is 76.5 Å². The van der Waals surface area contributed by atoms with Gasteiger partial charge in [0, 0.05) is 24.3 Å². The van der Waals surface area contributed by atoms with E-state index in [4.69, 9.17) is 18.6 Å². The average Bonchev–Trinajstić information content (AvgIpc) is 2.98. The van der Waals surface area contributed by atoms with Crippen LogP contribution in [0.3, 0.4) is 0 Å². The summed E-state index contributed by atoms with van der Waals surface area (Å²) in [7, 11) is 0. The van der Waals surface area contributed by atoms with Gasteiger partial charge in [-0.2, -0.15) is 0 Å². The molecule has 0 bridgehead atoms. The van der Waals surface area contributed by atoms with Crippen LogP contribution in [0.5, 0.6) is 34.5 Å². The number of aliphatic hydroxyl groups excluding tert-OH is 4. The number of esters is 1. The monoisotopic (exact) mass is 610 g/mol. The Labute approximate surface area is 247 Å². The first-order chi connectivity index (χ1) is 21.0. The highest BCUT2D eigenvalue weighted by molar-refractivity contribution is 5.92. The third-order valence-corrected chi connectivity index (χ3v) is 6.73. The second-order valence-corrected chi connectivity index (χ2v) is 9.77. The van der Waals surface area contributed by atoms with Crippen LogP contribution < -0.4 is 14.9 Å². The van der Waals surface area contributed by atoms with E-state index in [1.165, 1.54) is 42.5 Å². The summed E-state index contributed by atoms with van der Waals surface area (Å²) in [6, 6.07) is 11.2. The number of fused-ring (bicyclic) bond motifs is 1. The van der Waals surface area contributed by atoms with E-state index in [2.05, 4.69) is 0 Å². The van der Waals surface area contributed by atoms with Crippen LogP contribution >= 0.6 is 0 Å².